The Labute approximate surface area is 149 Å². The van der Waals surface area contributed by atoms with Gasteiger partial charge in [0.2, 0.25) is 5.95 Å². The van der Waals surface area contributed by atoms with E-state index in [0.29, 0.717) is 22.3 Å². The van der Waals surface area contributed by atoms with Crippen molar-refractivity contribution in [3.8, 4) is 11.4 Å². The van der Waals surface area contributed by atoms with Crippen LogP contribution in [-0.4, -0.2) is 31.4 Å². The number of hydrogen-bond donors (Lipinski definition) is 2. The van der Waals surface area contributed by atoms with Crippen LogP contribution >= 0.6 is 11.6 Å². The number of rotatable bonds is 3. The average molecular weight is 361 g/mol. The van der Waals surface area contributed by atoms with Crippen molar-refractivity contribution in [2.75, 3.05) is 5.32 Å². The van der Waals surface area contributed by atoms with E-state index >= 15 is 0 Å². The SMILES string of the molecule is N[C@H]1CC[C@H](Nc2ncc(F)c(-c3cnc4cc(Cl)ccn34)n2)CC1. The van der Waals surface area contributed by atoms with E-state index in [1.807, 2.05) is 0 Å². The number of halogens is 2. The number of imidazole rings is 1. The molecule has 3 N–H and O–H groups in total. The minimum absolute atomic E-state index is 0.208. The molecule has 0 amide bonds. The molecule has 3 aromatic rings. The summed E-state index contributed by atoms with van der Waals surface area (Å²) in [4.78, 5) is 12.7. The molecule has 6 nitrogen and oxygen atoms in total. The Morgan fingerprint density at radius 1 is 1.20 bits per heavy atom. The van der Waals surface area contributed by atoms with Crippen LogP contribution in [0, 0.1) is 5.82 Å². The quantitative estimate of drug-likeness (QED) is 0.749. The van der Waals surface area contributed by atoms with Gasteiger partial charge in [-0.2, -0.15) is 0 Å². The molecule has 130 valence electrons. The molecule has 0 atom stereocenters. The fraction of sp³-hybridized carbons (Fsp3) is 0.353. The molecule has 0 aromatic carbocycles. The Bertz CT molecular complexity index is 903. The van der Waals surface area contributed by atoms with E-state index in [1.54, 1.807) is 28.9 Å². The van der Waals surface area contributed by atoms with Gasteiger partial charge >= 0.3 is 0 Å². The summed E-state index contributed by atoms with van der Waals surface area (Å²) in [5, 5.41) is 3.87. The molecule has 4 rings (SSSR count). The number of nitrogens with two attached hydrogens (primary N) is 1. The number of nitrogens with one attached hydrogen (secondary N) is 1. The Balaban J connectivity index is 1.65. The zero-order valence-electron chi connectivity index (χ0n) is 13.5. The van der Waals surface area contributed by atoms with Crippen molar-refractivity contribution in [3.05, 3.63) is 41.6 Å². The van der Waals surface area contributed by atoms with Gasteiger partial charge in [0.15, 0.2) is 5.82 Å². The lowest BCUT2D eigenvalue weighted by Crippen LogP contribution is -2.33. The summed E-state index contributed by atoms with van der Waals surface area (Å²) in [6.07, 6.45) is 8.39. The second kappa shape index (κ2) is 6.57. The van der Waals surface area contributed by atoms with Gasteiger partial charge in [0.05, 0.1) is 18.1 Å². The van der Waals surface area contributed by atoms with Gasteiger partial charge in [-0.15, -0.1) is 0 Å². The Morgan fingerprint density at radius 3 is 2.80 bits per heavy atom. The highest BCUT2D eigenvalue weighted by Gasteiger charge is 2.20. The Kier molecular flexibility index (Phi) is 4.27. The van der Waals surface area contributed by atoms with Gasteiger partial charge in [-0.25, -0.2) is 19.3 Å². The molecule has 1 saturated carbocycles. The predicted octanol–water partition coefficient (Wildman–Crippen LogP) is 3.27. The van der Waals surface area contributed by atoms with Crippen LogP contribution in [0.4, 0.5) is 10.3 Å². The van der Waals surface area contributed by atoms with Crippen molar-refractivity contribution in [1.82, 2.24) is 19.4 Å². The third kappa shape index (κ3) is 3.29. The molecule has 25 heavy (non-hydrogen) atoms. The van der Waals surface area contributed by atoms with Gasteiger partial charge in [0, 0.05) is 29.4 Å². The summed E-state index contributed by atoms with van der Waals surface area (Å²) in [7, 11) is 0. The molecule has 3 aromatic heterocycles. The normalized spacial score (nSPS) is 20.8. The summed E-state index contributed by atoms with van der Waals surface area (Å²) in [5.41, 5.74) is 7.33. The van der Waals surface area contributed by atoms with Crippen LogP contribution in [0.25, 0.3) is 17.0 Å². The zero-order chi connectivity index (χ0) is 17.4. The maximum absolute atomic E-state index is 14.3. The molecule has 0 saturated heterocycles. The van der Waals surface area contributed by atoms with Crippen molar-refractivity contribution in [2.45, 2.75) is 37.8 Å². The van der Waals surface area contributed by atoms with E-state index < -0.39 is 5.82 Å². The molecule has 1 aliphatic rings. The molecule has 0 aliphatic heterocycles. The highest BCUT2D eigenvalue weighted by Crippen LogP contribution is 2.25. The van der Waals surface area contributed by atoms with Gasteiger partial charge in [-0.3, -0.25) is 4.40 Å². The summed E-state index contributed by atoms with van der Waals surface area (Å²) < 4.78 is 16.1. The standard InChI is InChI=1S/C17H18ClFN6/c18-10-5-6-25-14(9-21-15(25)7-10)16-13(19)8-22-17(24-16)23-12-3-1-11(20)2-4-12/h5-9,11-12H,1-4,20H2,(H,22,23,24)/t11-,12-. The van der Waals surface area contributed by atoms with Crippen molar-refractivity contribution < 1.29 is 4.39 Å². The monoisotopic (exact) mass is 360 g/mol. The van der Waals surface area contributed by atoms with Gasteiger partial charge in [0.1, 0.15) is 11.3 Å². The predicted molar refractivity (Wildman–Crippen MR) is 95.0 cm³/mol. The smallest absolute Gasteiger partial charge is 0.223 e. The maximum Gasteiger partial charge on any atom is 0.223 e. The minimum atomic E-state index is -0.493. The van der Waals surface area contributed by atoms with E-state index in [1.165, 1.54) is 6.20 Å². The topological polar surface area (TPSA) is 81.1 Å². The van der Waals surface area contributed by atoms with E-state index in [2.05, 4.69) is 20.3 Å². The van der Waals surface area contributed by atoms with Crippen molar-refractivity contribution >= 4 is 23.2 Å². The number of nitrogens with zero attached hydrogens (tertiary/aromatic N) is 4. The van der Waals surface area contributed by atoms with Crippen LogP contribution < -0.4 is 11.1 Å². The van der Waals surface area contributed by atoms with Crippen LogP contribution in [-0.2, 0) is 0 Å². The first kappa shape index (κ1) is 16.2. The average Bonchev–Trinajstić information content (AvgIpc) is 3.01. The summed E-state index contributed by atoms with van der Waals surface area (Å²) in [5.74, 6) is -0.0752. The first-order chi connectivity index (χ1) is 12.1. The number of anilines is 1. The van der Waals surface area contributed by atoms with E-state index in [9.17, 15) is 4.39 Å². The van der Waals surface area contributed by atoms with Gasteiger partial charge < -0.3 is 11.1 Å². The van der Waals surface area contributed by atoms with Crippen molar-refractivity contribution in [3.63, 3.8) is 0 Å². The molecule has 0 unspecified atom stereocenters. The number of aromatic nitrogens is 4. The molecular formula is C17H18ClFN6. The van der Waals surface area contributed by atoms with Gasteiger partial charge in [0.25, 0.3) is 0 Å². The van der Waals surface area contributed by atoms with Crippen LogP contribution in [0.2, 0.25) is 5.02 Å². The Hall–Kier alpha value is -2.25. The first-order valence-corrected chi connectivity index (χ1v) is 8.65. The largest absolute Gasteiger partial charge is 0.351 e. The van der Waals surface area contributed by atoms with E-state index in [0.717, 1.165) is 25.7 Å². The lowest BCUT2D eigenvalue weighted by atomic mass is 9.92. The molecule has 1 aliphatic carbocycles. The number of hydrogen-bond acceptors (Lipinski definition) is 5. The number of fused-ring (bicyclic) bond motifs is 1. The Morgan fingerprint density at radius 2 is 2.00 bits per heavy atom. The fourth-order valence-electron chi connectivity index (χ4n) is 3.19. The van der Waals surface area contributed by atoms with E-state index in [-0.39, 0.29) is 17.8 Å². The highest BCUT2D eigenvalue weighted by molar-refractivity contribution is 6.30. The zero-order valence-corrected chi connectivity index (χ0v) is 14.2. The molecular weight excluding hydrogens is 343 g/mol. The van der Waals surface area contributed by atoms with Crippen LogP contribution in [0.5, 0.6) is 0 Å². The maximum atomic E-state index is 14.3. The second-order valence-corrected chi connectivity index (χ2v) is 6.80. The molecule has 0 radical (unpaired) electrons. The summed E-state index contributed by atoms with van der Waals surface area (Å²) >= 11 is 5.98. The molecule has 0 bridgehead atoms. The first-order valence-electron chi connectivity index (χ1n) is 8.28. The minimum Gasteiger partial charge on any atom is -0.351 e. The third-order valence-electron chi connectivity index (χ3n) is 4.57. The van der Waals surface area contributed by atoms with Gasteiger partial charge in [-0.05, 0) is 31.7 Å². The van der Waals surface area contributed by atoms with Crippen molar-refractivity contribution in [1.29, 1.82) is 0 Å². The third-order valence-corrected chi connectivity index (χ3v) is 4.80. The molecule has 1 fully saturated rings. The van der Waals surface area contributed by atoms with Crippen LogP contribution in [0.3, 0.4) is 0 Å². The fourth-order valence-corrected chi connectivity index (χ4v) is 3.35. The summed E-state index contributed by atoms with van der Waals surface area (Å²) in [6, 6.07) is 3.98. The van der Waals surface area contributed by atoms with Gasteiger partial charge in [-0.1, -0.05) is 11.6 Å². The van der Waals surface area contributed by atoms with Crippen molar-refractivity contribution in [2.24, 2.45) is 5.73 Å². The van der Waals surface area contributed by atoms with Crippen LogP contribution in [0.1, 0.15) is 25.7 Å². The molecule has 8 heteroatoms. The lowest BCUT2D eigenvalue weighted by Gasteiger charge is -2.26. The van der Waals surface area contributed by atoms with Crippen LogP contribution in [0.15, 0.2) is 30.7 Å². The molecule has 0 spiro atoms. The lowest BCUT2D eigenvalue weighted by molar-refractivity contribution is 0.409. The second-order valence-electron chi connectivity index (χ2n) is 6.36. The highest BCUT2D eigenvalue weighted by atomic mass is 35.5. The summed E-state index contributed by atoms with van der Waals surface area (Å²) in [6.45, 7) is 0. The number of pyridine rings is 1. The van der Waals surface area contributed by atoms with E-state index in [4.69, 9.17) is 17.3 Å². The molecule has 3 heterocycles.